The van der Waals surface area contributed by atoms with Crippen LogP contribution >= 0.6 is 11.3 Å². The highest BCUT2D eigenvalue weighted by molar-refractivity contribution is 7.26. The second-order valence-electron chi connectivity index (χ2n) is 17.2. The number of fused-ring (bicyclic) bond motifs is 7. The Bertz CT molecular complexity index is 3520. The Morgan fingerprint density at radius 2 is 0.921 bits per heavy atom. The Hall–Kier alpha value is -7.52. The molecule has 0 saturated heterocycles. The molecule has 0 radical (unpaired) electrons. The first-order valence-corrected chi connectivity index (χ1v) is 22.7. The predicted molar refractivity (Wildman–Crippen MR) is 271 cm³/mol. The van der Waals surface area contributed by atoms with Gasteiger partial charge < -0.3 is 4.90 Å². The van der Waals surface area contributed by atoms with Crippen molar-refractivity contribution in [3.8, 4) is 55.6 Å². The number of thiophene rings is 1. The van der Waals surface area contributed by atoms with Crippen molar-refractivity contribution in [3.05, 3.63) is 236 Å². The van der Waals surface area contributed by atoms with Crippen molar-refractivity contribution >= 4 is 59.3 Å². The number of hydrogen-bond donors (Lipinski definition) is 0. The fourth-order valence-electron chi connectivity index (χ4n) is 10.2. The van der Waals surface area contributed by atoms with E-state index in [4.69, 9.17) is 0 Å². The van der Waals surface area contributed by atoms with Crippen LogP contribution in [0, 0.1) is 0 Å². The van der Waals surface area contributed by atoms with Crippen molar-refractivity contribution in [1.29, 1.82) is 0 Å². The van der Waals surface area contributed by atoms with E-state index in [0.717, 1.165) is 17.1 Å². The smallest absolute Gasteiger partial charge is 0.0540 e. The summed E-state index contributed by atoms with van der Waals surface area (Å²) in [7, 11) is 0. The Balaban J connectivity index is 1.00. The molecule has 0 aliphatic heterocycles. The molecule has 1 aliphatic rings. The maximum Gasteiger partial charge on any atom is 0.0540 e. The lowest BCUT2D eigenvalue weighted by atomic mass is 9.81. The Kier molecular flexibility index (Phi) is 8.77. The summed E-state index contributed by atoms with van der Waals surface area (Å²) < 4.78 is 2.65. The first kappa shape index (κ1) is 37.3. The zero-order valence-corrected chi connectivity index (χ0v) is 36.0. The summed E-state index contributed by atoms with van der Waals surface area (Å²) in [5.74, 6) is 0. The monoisotopic (exact) mass is 821 g/mol. The molecule has 0 amide bonds. The first-order chi connectivity index (χ1) is 31.0. The average molecular weight is 822 g/mol. The maximum atomic E-state index is 2.44. The van der Waals surface area contributed by atoms with Crippen LogP contribution in [-0.4, -0.2) is 0 Å². The second-order valence-corrected chi connectivity index (χ2v) is 18.3. The molecule has 2 heteroatoms. The number of hydrogen-bond acceptors (Lipinski definition) is 2. The lowest BCUT2D eigenvalue weighted by Gasteiger charge is -2.29. The first-order valence-electron chi connectivity index (χ1n) is 21.8. The number of para-hydroxylation sites is 1. The van der Waals surface area contributed by atoms with E-state index >= 15 is 0 Å². The Labute approximate surface area is 372 Å². The molecule has 11 aromatic rings. The van der Waals surface area contributed by atoms with E-state index in [0.29, 0.717) is 0 Å². The van der Waals surface area contributed by atoms with Gasteiger partial charge in [0.05, 0.1) is 5.69 Å². The summed E-state index contributed by atoms with van der Waals surface area (Å²) in [6.45, 7) is 4.71. The summed E-state index contributed by atoms with van der Waals surface area (Å²) in [6, 6.07) is 82.8. The van der Waals surface area contributed by atoms with Crippen LogP contribution in [0.1, 0.15) is 25.0 Å². The fourth-order valence-corrected chi connectivity index (χ4v) is 11.4. The molecule has 1 aliphatic carbocycles. The van der Waals surface area contributed by atoms with Gasteiger partial charge in [-0.05, 0) is 114 Å². The van der Waals surface area contributed by atoms with Gasteiger partial charge in [-0.3, -0.25) is 0 Å². The number of nitrogens with zero attached hydrogens (tertiary/aromatic N) is 1. The summed E-state index contributed by atoms with van der Waals surface area (Å²) in [4.78, 5) is 2.44. The van der Waals surface area contributed by atoms with Crippen LogP contribution in [0.15, 0.2) is 224 Å². The largest absolute Gasteiger partial charge is 0.310 e. The van der Waals surface area contributed by atoms with Gasteiger partial charge in [0.25, 0.3) is 0 Å². The van der Waals surface area contributed by atoms with Crippen molar-refractivity contribution in [2.45, 2.75) is 19.3 Å². The molecule has 0 bridgehead atoms. The van der Waals surface area contributed by atoms with E-state index in [1.807, 2.05) is 11.3 Å². The molecular weight excluding hydrogens is 779 g/mol. The number of anilines is 3. The molecule has 0 atom stereocenters. The second kappa shape index (κ2) is 14.8. The van der Waals surface area contributed by atoms with Gasteiger partial charge in [0, 0.05) is 42.5 Å². The van der Waals surface area contributed by atoms with Crippen LogP contribution in [0.4, 0.5) is 17.1 Å². The van der Waals surface area contributed by atoms with E-state index in [1.165, 1.54) is 97.7 Å². The SMILES string of the molecule is CC1(C)c2ccccc2-c2ccc(-c3ccc(N(c4ccc(-c5cccc6c5sc5ccccc56)cc4)c4ccccc4-c4cccc5cccc(-c6ccccc6)c45)cc3)cc21. The predicted octanol–water partition coefficient (Wildman–Crippen LogP) is 17.7. The van der Waals surface area contributed by atoms with Gasteiger partial charge >= 0.3 is 0 Å². The molecule has 63 heavy (non-hydrogen) atoms. The van der Waals surface area contributed by atoms with Crippen LogP contribution < -0.4 is 4.90 Å². The van der Waals surface area contributed by atoms with Gasteiger partial charge in [-0.1, -0.05) is 196 Å². The molecule has 0 unspecified atom stereocenters. The van der Waals surface area contributed by atoms with Crippen molar-refractivity contribution in [3.63, 3.8) is 0 Å². The summed E-state index contributed by atoms with van der Waals surface area (Å²) in [5.41, 5.74) is 18.5. The molecule has 10 aromatic carbocycles. The van der Waals surface area contributed by atoms with Crippen LogP contribution in [0.3, 0.4) is 0 Å². The minimum absolute atomic E-state index is 0.0565. The number of rotatable bonds is 7. The molecule has 0 spiro atoms. The van der Waals surface area contributed by atoms with Crippen molar-refractivity contribution in [2.24, 2.45) is 0 Å². The minimum Gasteiger partial charge on any atom is -0.310 e. The molecule has 12 rings (SSSR count). The van der Waals surface area contributed by atoms with Gasteiger partial charge in [-0.25, -0.2) is 0 Å². The van der Waals surface area contributed by atoms with E-state index in [2.05, 4.69) is 243 Å². The normalized spacial score (nSPS) is 12.7. The van der Waals surface area contributed by atoms with Crippen LogP contribution in [0.2, 0.25) is 0 Å². The Morgan fingerprint density at radius 3 is 1.71 bits per heavy atom. The van der Waals surface area contributed by atoms with E-state index < -0.39 is 0 Å². The van der Waals surface area contributed by atoms with Crippen LogP contribution in [-0.2, 0) is 5.41 Å². The highest BCUT2D eigenvalue weighted by Crippen LogP contribution is 2.50. The molecule has 298 valence electrons. The lowest BCUT2D eigenvalue weighted by Crippen LogP contribution is -2.14. The van der Waals surface area contributed by atoms with Crippen molar-refractivity contribution < 1.29 is 0 Å². The standard InChI is InChI=1S/C61H43NS/c1-61(2)55-26-9-6-19-49(55)50-38-33-44(39-56(50)61)40-29-34-45(35-30-40)62(46-36-31-42(32-37-46)48-23-14-25-54-52-21-8-11-28-58(52)63-60(48)54)57-27-10-7-20-51(57)53-24-13-18-43-17-12-22-47(59(43)53)41-15-4-3-5-16-41/h3-39H,1-2H3. The van der Waals surface area contributed by atoms with Gasteiger partial charge in [-0.2, -0.15) is 0 Å². The Morgan fingerprint density at radius 1 is 0.365 bits per heavy atom. The van der Waals surface area contributed by atoms with Gasteiger partial charge in [0.1, 0.15) is 0 Å². The lowest BCUT2D eigenvalue weighted by molar-refractivity contribution is 0.660. The number of benzene rings is 10. The minimum atomic E-state index is -0.0565. The molecular formula is C61H43NS. The zero-order valence-electron chi connectivity index (χ0n) is 35.2. The van der Waals surface area contributed by atoms with Crippen molar-refractivity contribution in [1.82, 2.24) is 0 Å². The average Bonchev–Trinajstić information content (AvgIpc) is 3.84. The molecule has 0 saturated carbocycles. The van der Waals surface area contributed by atoms with Crippen molar-refractivity contribution in [2.75, 3.05) is 4.90 Å². The molecule has 1 aromatic heterocycles. The van der Waals surface area contributed by atoms with Gasteiger partial charge in [0.15, 0.2) is 0 Å². The van der Waals surface area contributed by atoms with Crippen LogP contribution in [0.25, 0.3) is 86.6 Å². The molecule has 1 nitrogen and oxygen atoms in total. The van der Waals surface area contributed by atoms with Gasteiger partial charge in [0.2, 0.25) is 0 Å². The topological polar surface area (TPSA) is 3.24 Å². The summed E-state index contributed by atoms with van der Waals surface area (Å²) >= 11 is 1.88. The fraction of sp³-hybridized carbons (Fsp3) is 0.0492. The summed E-state index contributed by atoms with van der Waals surface area (Å²) in [6.07, 6.45) is 0. The quantitative estimate of drug-likeness (QED) is 0.155. The third-order valence-electron chi connectivity index (χ3n) is 13.3. The summed E-state index contributed by atoms with van der Waals surface area (Å²) in [5, 5.41) is 5.11. The van der Waals surface area contributed by atoms with E-state index in [-0.39, 0.29) is 5.41 Å². The highest BCUT2D eigenvalue weighted by Gasteiger charge is 2.35. The van der Waals surface area contributed by atoms with Crippen LogP contribution in [0.5, 0.6) is 0 Å². The maximum absolute atomic E-state index is 2.44. The zero-order chi connectivity index (χ0) is 42.1. The van der Waals surface area contributed by atoms with E-state index in [1.54, 1.807) is 0 Å². The third kappa shape index (κ3) is 6.13. The van der Waals surface area contributed by atoms with E-state index in [9.17, 15) is 0 Å². The molecule has 1 heterocycles. The third-order valence-corrected chi connectivity index (χ3v) is 14.5. The molecule has 0 N–H and O–H groups in total. The molecule has 0 fully saturated rings. The highest BCUT2D eigenvalue weighted by atomic mass is 32.1. The van der Waals surface area contributed by atoms with Gasteiger partial charge in [-0.15, -0.1) is 11.3 Å².